The van der Waals surface area contributed by atoms with Crippen molar-refractivity contribution in [2.24, 2.45) is 10.7 Å². The smallest absolute Gasteiger partial charge is 0.189 e. The zero-order chi connectivity index (χ0) is 17.8. The average Bonchev–Trinajstić information content (AvgIpc) is 3.22. The van der Waals surface area contributed by atoms with Crippen LogP contribution in [0.15, 0.2) is 59.9 Å². The van der Waals surface area contributed by atoms with Gasteiger partial charge in [-0.1, -0.05) is 36.4 Å². The lowest BCUT2D eigenvalue weighted by Gasteiger charge is -2.26. The van der Waals surface area contributed by atoms with E-state index in [1.165, 1.54) is 6.33 Å². The molecule has 1 aliphatic rings. The maximum absolute atomic E-state index is 6.11. The molecule has 3 aromatic rings. The first-order chi connectivity index (χ1) is 12.8. The zero-order valence-electron chi connectivity index (χ0n) is 14.2. The molecule has 0 aliphatic carbocycles. The van der Waals surface area contributed by atoms with Crippen molar-refractivity contribution < 1.29 is 4.74 Å². The molecule has 4 rings (SSSR count). The molecule has 132 valence electrons. The van der Waals surface area contributed by atoms with Gasteiger partial charge in [-0.15, -0.1) is 0 Å². The Labute approximate surface area is 151 Å². The summed E-state index contributed by atoms with van der Waals surface area (Å²) in [5.41, 5.74) is 9.25. The third kappa shape index (κ3) is 3.51. The van der Waals surface area contributed by atoms with Gasteiger partial charge in [-0.25, -0.2) is 9.98 Å². The van der Waals surface area contributed by atoms with E-state index in [9.17, 15) is 0 Å². The van der Waals surface area contributed by atoms with Crippen LogP contribution in [0.5, 0.6) is 5.75 Å². The topological polar surface area (TPSA) is 101 Å². The number of guanidine groups is 1. The van der Waals surface area contributed by atoms with E-state index in [1.807, 2.05) is 42.5 Å². The highest BCUT2D eigenvalue weighted by Crippen LogP contribution is 2.31. The normalized spacial score (nSPS) is 16.6. The molecular weight excluding hydrogens is 328 g/mol. The first-order valence-electron chi connectivity index (χ1n) is 8.52. The summed E-state index contributed by atoms with van der Waals surface area (Å²) in [4.78, 5) is 8.65. The summed E-state index contributed by atoms with van der Waals surface area (Å²) in [7, 11) is 0. The van der Waals surface area contributed by atoms with Gasteiger partial charge in [0.15, 0.2) is 11.8 Å². The molecule has 0 amide bonds. The number of fused-ring (bicyclic) bond motifs is 1. The number of aromatic nitrogens is 3. The molecule has 0 saturated carbocycles. The predicted octanol–water partition coefficient (Wildman–Crippen LogP) is 2.40. The van der Waals surface area contributed by atoms with E-state index in [-0.39, 0.29) is 6.04 Å². The van der Waals surface area contributed by atoms with Crippen LogP contribution in [0.2, 0.25) is 0 Å². The van der Waals surface area contributed by atoms with Gasteiger partial charge in [-0.05, 0) is 17.7 Å². The lowest BCUT2D eigenvalue weighted by atomic mass is 10.0. The molecular formula is C19H20N6O. The van der Waals surface area contributed by atoms with Gasteiger partial charge in [0.05, 0.1) is 19.2 Å². The number of rotatable bonds is 4. The maximum Gasteiger partial charge on any atom is 0.189 e. The minimum Gasteiger partial charge on any atom is -0.493 e. The highest BCUT2D eigenvalue weighted by atomic mass is 16.5. The second-order valence-electron chi connectivity index (χ2n) is 6.11. The largest absolute Gasteiger partial charge is 0.493 e. The molecule has 7 nitrogen and oxygen atoms in total. The summed E-state index contributed by atoms with van der Waals surface area (Å²) >= 11 is 0. The van der Waals surface area contributed by atoms with Crippen molar-refractivity contribution in [1.29, 1.82) is 0 Å². The van der Waals surface area contributed by atoms with Crippen molar-refractivity contribution in [3.63, 3.8) is 0 Å². The van der Waals surface area contributed by atoms with Crippen LogP contribution < -0.4 is 15.8 Å². The highest BCUT2D eigenvalue weighted by Gasteiger charge is 2.21. The van der Waals surface area contributed by atoms with E-state index in [0.29, 0.717) is 19.1 Å². The quantitative estimate of drug-likeness (QED) is 0.496. The van der Waals surface area contributed by atoms with Gasteiger partial charge >= 0.3 is 0 Å². The zero-order valence-corrected chi connectivity index (χ0v) is 14.2. The van der Waals surface area contributed by atoms with Crippen molar-refractivity contribution in [2.75, 3.05) is 6.61 Å². The third-order valence-electron chi connectivity index (χ3n) is 4.33. The Morgan fingerprint density at radius 1 is 1.27 bits per heavy atom. The number of nitrogens with one attached hydrogen (secondary N) is 2. The van der Waals surface area contributed by atoms with E-state index < -0.39 is 0 Å². The van der Waals surface area contributed by atoms with Crippen molar-refractivity contribution in [2.45, 2.75) is 19.0 Å². The minimum atomic E-state index is 0.115. The van der Waals surface area contributed by atoms with E-state index >= 15 is 0 Å². The molecule has 2 aromatic carbocycles. The number of aliphatic imine (C=N–C) groups is 1. The van der Waals surface area contributed by atoms with Gasteiger partial charge in [0.2, 0.25) is 0 Å². The summed E-state index contributed by atoms with van der Waals surface area (Å²) in [6, 6.07) is 16.1. The molecule has 26 heavy (non-hydrogen) atoms. The number of hydrogen-bond donors (Lipinski definition) is 3. The van der Waals surface area contributed by atoms with Gasteiger partial charge in [0.25, 0.3) is 0 Å². The van der Waals surface area contributed by atoms with Gasteiger partial charge in [-0.2, -0.15) is 5.10 Å². The standard InChI is InChI=1S/C19H20N6O/c20-19(24-16-8-9-26-17-7-2-1-6-15(16)17)21-11-13-4-3-5-14(10-13)18-22-12-23-25-18/h1-7,10,12,16H,8-9,11H2,(H3,20,21,24)(H,22,23,25). The van der Waals surface area contributed by atoms with Crippen molar-refractivity contribution in [3.8, 4) is 17.1 Å². The van der Waals surface area contributed by atoms with Gasteiger partial charge in [0, 0.05) is 17.5 Å². The van der Waals surface area contributed by atoms with Crippen LogP contribution in [-0.2, 0) is 6.54 Å². The number of hydrogen-bond acceptors (Lipinski definition) is 4. The van der Waals surface area contributed by atoms with Gasteiger partial charge < -0.3 is 15.8 Å². The van der Waals surface area contributed by atoms with Crippen LogP contribution in [0.3, 0.4) is 0 Å². The van der Waals surface area contributed by atoms with Crippen LogP contribution in [0.4, 0.5) is 0 Å². The van der Waals surface area contributed by atoms with Crippen LogP contribution in [0.25, 0.3) is 11.4 Å². The van der Waals surface area contributed by atoms with E-state index in [1.54, 1.807) is 0 Å². The van der Waals surface area contributed by atoms with E-state index in [0.717, 1.165) is 34.7 Å². The second kappa shape index (κ2) is 7.26. The minimum absolute atomic E-state index is 0.115. The molecule has 0 bridgehead atoms. The number of ether oxygens (including phenoxy) is 1. The molecule has 0 spiro atoms. The summed E-state index contributed by atoms with van der Waals surface area (Å²) in [5.74, 6) is 2.07. The van der Waals surface area contributed by atoms with Crippen LogP contribution in [-0.4, -0.2) is 27.7 Å². The van der Waals surface area contributed by atoms with Gasteiger partial charge in [0.1, 0.15) is 12.1 Å². The second-order valence-corrected chi connectivity index (χ2v) is 6.11. The summed E-state index contributed by atoms with van der Waals surface area (Å²) < 4.78 is 5.68. The average molecular weight is 348 g/mol. The Morgan fingerprint density at radius 3 is 3.08 bits per heavy atom. The van der Waals surface area contributed by atoms with Crippen molar-refractivity contribution in [1.82, 2.24) is 20.5 Å². The fourth-order valence-electron chi connectivity index (χ4n) is 3.05. The number of H-pyrrole nitrogens is 1. The van der Waals surface area contributed by atoms with E-state index in [2.05, 4.69) is 31.6 Å². The Morgan fingerprint density at radius 2 is 2.19 bits per heavy atom. The molecule has 1 atom stereocenters. The summed E-state index contributed by atoms with van der Waals surface area (Å²) in [6.45, 7) is 1.16. The molecule has 4 N–H and O–H groups in total. The Kier molecular flexibility index (Phi) is 4.51. The molecule has 0 saturated heterocycles. The van der Waals surface area contributed by atoms with Crippen LogP contribution >= 0.6 is 0 Å². The Bertz CT molecular complexity index is 906. The third-order valence-corrected chi connectivity index (χ3v) is 4.33. The number of benzene rings is 2. The van der Waals surface area contributed by atoms with Crippen LogP contribution in [0.1, 0.15) is 23.6 Å². The molecule has 1 aliphatic heterocycles. The summed E-state index contributed by atoms with van der Waals surface area (Å²) in [5, 5.41) is 10.1. The molecule has 0 fully saturated rings. The van der Waals surface area contributed by atoms with Crippen LogP contribution in [0, 0.1) is 0 Å². The predicted molar refractivity (Wildman–Crippen MR) is 99.6 cm³/mol. The molecule has 1 unspecified atom stereocenters. The Hall–Kier alpha value is -3.35. The molecule has 1 aromatic heterocycles. The fourth-order valence-corrected chi connectivity index (χ4v) is 3.05. The lowest BCUT2D eigenvalue weighted by molar-refractivity contribution is 0.262. The fraction of sp³-hybridized carbons (Fsp3) is 0.211. The summed E-state index contributed by atoms with van der Waals surface area (Å²) in [6.07, 6.45) is 2.35. The number of nitrogens with zero attached hydrogens (tertiary/aromatic N) is 3. The van der Waals surface area contributed by atoms with E-state index in [4.69, 9.17) is 10.5 Å². The van der Waals surface area contributed by atoms with Gasteiger partial charge in [-0.3, -0.25) is 5.10 Å². The highest BCUT2D eigenvalue weighted by molar-refractivity contribution is 5.78. The molecule has 2 heterocycles. The SMILES string of the molecule is NC(=NCc1cccc(-c2ncn[nH]2)c1)NC1CCOc2ccccc21. The first kappa shape index (κ1) is 16.1. The first-order valence-corrected chi connectivity index (χ1v) is 8.52. The lowest BCUT2D eigenvalue weighted by Crippen LogP contribution is -2.37. The van der Waals surface area contributed by atoms with Crippen molar-refractivity contribution in [3.05, 3.63) is 66.0 Å². The molecule has 0 radical (unpaired) electrons. The number of aromatic amines is 1. The maximum atomic E-state index is 6.11. The molecule has 7 heteroatoms. The Balaban J connectivity index is 1.44. The number of nitrogens with two attached hydrogens (primary N) is 1. The number of para-hydroxylation sites is 1. The van der Waals surface area contributed by atoms with Crippen molar-refractivity contribution >= 4 is 5.96 Å². The monoisotopic (exact) mass is 348 g/mol.